The van der Waals surface area contributed by atoms with E-state index in [0.29, 0.717) is 18.0 Å². The smallest absolute Gasteiger partial charge is 0.251 e. The Morgan fingerprint density at radius 2 is 1.62 bits per heavy atom. The Labute approximate surface area is 127 Å². The molecule has 116 valence electrons. The summed E-state index contributed by atoms with van der Waals surface area (Å²) < 4.78 is 0. The standard InChI is InChI=1S/C17H26N2O2/c1-11(2)10-18-17(21)15(12(3)4)19-16(20)14-8-6-13(5)7-9-14/h6-9,11-12,15H,10H2,1-5H3,(H,18,21)(H,19,20)/t15-/m0/s1. The minimum Gasteiger partial charge on any atom is -0.354 e. The van der Waals surface area contributed by atoms with E-state index in [1.807, 2.05) is 46.8 Å². The molecule has 21 heavy (non-hydrogen) atoms. The molecule has 0 unspecified atom stereocenters. The van der Waals surface area contributed by atoms with Crippen molar-refractivity contribution in [3.8, 4) is 0 Å². The molecule has 0 aromatic heterocycles. The number of hydrogen-bond acceptors (Lipinski definition) is 2. The van der Waals surface area contributed by atoms with Gasteiger partial charge in [-0.15, -0.1) is 0 Å². The summed E-state index contributed by atoms with van der Waals surface area (Å²) in [5.41, 5.74) is 1.67. The van der Waals surface area contributed by atoms with Gasteiger partial charge in [-0.2, -0.15) is 0 Å². The normalized spacial score (nSPS) is 12.3. The number of carbonyl (C=O) groups excluding carboxylic acids is 2. The highest BCUT2D eigenvalue weighted by molar-refractivity contribution is 5.97. The molecule has 1 aromatic carbocycles. The van der Waals surface area contributed by atoms with Crippen LogP contribution < -0.4 is 10.6 Å². The third-order valence-corrected chi connectivity index (χ3v) is 3.23. The maximum atomic E-state index is 12.2. The van der Waals surface area contributed by atoms with E-state index in [1.54, 1.807) is 12.1 Å². The van der Waals surface area contributed by atoms with Crippen LogP contribution in [0.1, 0.15) is 43.6 Å². The van der Waals surface area contributed by atoms with Crippen LogP contribution in [-0.2, 0) is 4.79 Å². The summed E-state index contributed by atoms with van der Waals surface area (Å²) in [6.45, 7) is 10.5. The lowest BCUT2D eigenvalue weighted by atomic mass is 10.0. The molecule has 0 aliphatic carbocycles. The van der Waals surface area contributed by atoms with E-state index >= 15 is 0 Å². The molecular formula is C17H26N2O2. The van der Waals surface area contributed by atoms with Crippen molar-refractivity contribution in [2.45, 2.75) is 40.7 Å². The van der Waals surface area contributed by atoms with Crippen molar-refractivity contribution in [2.75, 3.05) is 6.54 Å². The molecule has 0 fully saturated rings. The number of aryl methyl sites for hydroxylation is 1. The van der Waals surface area contributed by atoms with Gasteiger partial charge in [-0.1, -0.05) is 45.4 Å². The highest BCUT2D eigenvalue weighted by atomic mass is 16.2. The number of carbonyl (C=O) groups is 2. The first-order valence-electron chi connectivity index (χ1n) is 7.46. The van der Waals surface area contributed by atoms with Crippen molar-refractivity contribution in [2.24, 2.45) is 11.8 Å². The summed E-state index contributed by atoms with van der Waals surface area (Å²) >= 11 is 0. The fraction of sp³-hybridized carbons (Fsp3) is 0.529. The van der Waals surface area contributed by atoms with Gasteiger partial charge in [0.2, 0.25) is 5.91 Å². The third kappa shape index (κ3) is 5.58. The minimum absolute atomic E-state index is 0.0339. The van der Waals surface area contributed by atoms with Crippen LogP contribution in [0.25, 0.3) is 0 Å². The lowest BCUT2D eigenvalue weighted by Crippen LogP contribution is -2.50. The van der Waals surface area contributed by atoms with E-state index in [4.69, 9.17) is 0 Å². The maximum Gasteiger partial charge on any atom is 0.251 e. The second-order valence-electron chi connectivity index (χ2n) is 6.20. The average Bonchev–Trinajstić information content (AvgIpc) is 2.42. The molecule has 0 saturated carbocycles. The monoisotopic (exact) mass is 290 g/mol. The largest absolute Gasteiger partial charge is 0.354 e. The Bertz CT molecular complexity index is 478. The molecule has 0 bridgehead atoms. The Morgan fingerprint density at radius 1 is 1.05 bits per heavy atom. The van der Waals surface area contributed by atoms with Crippen molar-refractivity contribution >= 4 is 11.8 Å². The van der Waals surface area contributed by atoms with Gasteiger partial charge in [-0.05, 0) is 30.9 Å². The van der Waals surface area contributed by atoms with Crippen LogP contribution in [0.3, 0.4) is 0 Å². The fourth-order valence-corrected chi connectivity index (χ4v) is 1.88. The summed E-state index contributed by atoms with van der Waals surface area (Å²) in [6, 6.07) is 6.80. The summed E-state index contributed by atoms with van der Waals surface area (Å²) in [4.78, 5) is 24.4. The molecule has 0 radical (unpaired) electrons. The molecule has 0 aliphatic heterocycles. The van der Waals surface area contributed by atoms with E-state index in [-0.39, 0.29) is 17.7 Å². The first-order valence-corrected chi connectivity index (χ1v) is 7.46. The second kappa shape index (κ2) is 7.81. The van der Waals surface area contributed by atoms with Gasteiger partial charge in [0.05, 0.1) is 0 Å². The van der Waals surface area contributed by atoms with Gasteiger partial charge in [-0.3, -0.25) is 9.59 Å². The van der Waals surface area contributed by atoms with E-state index in [9.17, 15) is 9.59 Å². The van der Waals surface area contributed by atoms with Gasteiger partial charge >= 0.3 is 0 Å². The van der Waals surface area contributed by atoms with Crippen LogP contribution in [0, 0.1) is 18.8 Å². The van der Waals surface area contributed by atoms with E-state index in [2.05, 4.69) is 10.6 Å². The van der Waals surface area contributed by atoms with Crippen molar-refractivity contribution in [1.82, 2.24) is 10.6 Å². The highest BCUT2D eigenvalue weighted by Crippen LogP contribution is 2.07. The molecule has 0 aliphatic rings. The van der Waals surface area contributed by atoms with Gasteiger partial charge in [0.25, 0.3) is 5.91 Å². The van der Waals surface area contributed by atoms with Crippen molar-refractivity contribution in [3.05, 3.63) is 35.4 Å². The quantitative estimate of drug-likeness (QED) is 0.846. The first kappa shape index (κ1) is 17.2. The van der Waals surface area contributed by atoms with Crippen LogP contribution in [0.2, 0.25) is 0 Å². The van der Waals surface area contributed by atoms with Gasteiger partial charge in [0.15, 0.2) is 0 Å². The number of benzene rings is 1. The van der Waals surface area contributed by atoms with Gasteiger partial charge in [-0.25, -0.2) is 0 Å². The van der Waals surface area contributed by atoms with Crippen molar-refractivity contribution < 1.29 is 9.59 Å². The minimum atomic E-state index is -0.516. The summed E-state index contributed by atoms with van der Waals surface area (Å²) in [7, 11) is 0. The van der Waals surface area contributed by atoms with Crippen molar-refractivity contribution in [3.63, 3.8) is 0 Å². The second-order valence-corrected chi connectivity index (χ2v) is 6.20. The van der Waals surface area contributed by atoms with E-state index < -0.39 is 6.04 Å². The Morgan fingerprint density at radius 3 is 2.10 bits per heavy atom. The topological polar surface area (TPSA) is 58.2 Å². The Hall–Kier alpha value is -1.84. The van der Waals surface area contributed by atoms with E-state index in [0.717, 1.165) is 5.56 Å². The molecule has 1 rings (SSSR count). The summed E-state index contributed by atoms with van der Waals surface area (Å²) in [6.07, 6.45) is 0. The third-order valence-electron chi connectivity index (χ3n) is 3.23. The predicted octanol–water partition coefficient (Wildman–Crippen LogP) is 2.52. The summed E-state index contributed by atoms with van der Waals surface area (Å²) in [5.74, 6) is 0.0775. The molecule has 4 heteroatoms. The lowest BCUT2D eigenvalue weighted by Gasteiger charge is -2.22. The van der Waals surface area contributed by atoms with Crippen LogP contribution in [-0.4, -0.2) is 24.4 Å². The number of rotatable bonds is 6. The zero-order valence-corrected chi connectivity index (χ0v) is 13.6. The van der Waals surface area contributed by atoms with Crippen molar-refractivity contribution in [1.29, 1.82) is 0 Å². The molecule has 1 aromatic rings. The van der Waals surface area contributed by atoms with Gasteiger partial charge < -0.3 is 10.6 Å². The van der Waals surface area contributed by atoms with Crippen LogP contribution >= 0.6 is 0 Å². The molecule has 0 spiro atoms. The van der Waals surface area contributed by atoms with Crippen LogP contribution in [0.15, 0.2) is 24.3 Å². The predicted molar refractivity (Wildman–Crippen MR) is 85.1 cm³/mol. The molecular weight excluding hydrogens is 264 g/mol. The zero-order valence-electron chi connectivity index (χ0n) is 13.6. The van der Waals surface area contributed by atoms with Gasteiger partial charge in [0.1, 0.15) is 6.04 Å². The Kier molecular flexibility index (Phi) is 6.40. The molecule has 4 nitrogen and oxygen atoms in total. The molecule has 0 saturated heterocycles. The Balaban J connectivity index is 2.71. The highest BCUT2D eigenvalue weighted by Gasteiger charge is 2.24. The molecule has 1 atom stereocenters. The SMILES string of the molecule is Cc1ccc(C(=O)N[C@H](C(=O)NCC(C)C)C(C)C)cc1. The fourth-order valence-electron chi connectivity index (χ4n) is 1.88. The lowest BCUT2D eigenvalue weighted by molar-refractivity contribution is -0.124. The maximum absolute atomic E-state index is 12.2. The zero-order chi connectivity index (χ0) is 16.0. The average molecular weight is 290 g/mol. The van der Waals surface area contributed by atoms with Crippen LogP contribution in [0.5, 0.6) is 0 Å². The summed E-state index contributed by atoms with van der Waals surface area (Å²) in [5, 5.41) is 5.70. The number of nitrogens with one attached hydrogen (secondary N) is 2. The molecule has 2 amide bonds. The number of amides is 2. The number of hydrogen-bond donors (Lipinski definition) is 2. The van der Waals surface area contributed by atoms with Gasteiger partial charge in [0, 0.05) is 12.1 Å². The molecule has 2 N–H and O–H groups in total. The molecule has 0 heterocycles. The van der Waals surface area contributed by atoms with E-state index in [1.165, 1.54) is 0 Å². The van der Waals surface area contributed by atoms with Crippen LogP contribution in [0.4, 0.5) is 0 Å². The first-order chi connectivity index (χ1) is 9.81.